The minimum absolute atomic E-state index is 0.0672. The summed E-state index contributed by atoms with van der Waals surface area (Å²) in [4.78, 5) is 11.9. The van der Waals surface area contributed by atoms with Crippen molar-refractivity contribution >= 4 is 12.1 Å². The summed E-state index contributed by atoms with van der Waals surface area (Å²) in [5.41, 5.74) is 4.05. The number of ether oxygens (including phenoxy) is 2. The number of nitrogens with zero attached hydrogens (tertiary/aromatic N) is 1. The lowest BCUT2D eigenvalue weighted by atomic mass is 10.1. The van der Waals surface area contributed by atoms with E-state index in [-0.39, 0.29) is 18.1 Å². The molecule has 24 heavy (non-hydrogen) atoms. The maximum atomic E-state index is 11.9. The molecule has 6 nitrogen and oxygen atoms in total. The van der Waals surface area contributed by atoms with Gasteiger partial charge in [0.25, 0.3) is 0 Å². The van der Waals surface area contributed by atoms with Crippen LogP contribution in [0.1, 0.15) is 18.1 Å². The van der Waals surface area contributed by atoms with Gasteiger partial charge >= 0.3 is 0 Å². The topological polar surface area (TPSA) is 80.2 Å². The van der Waals surface area contributed by atoms with Crippen LogP contribution in [-0.4, -0.2) is 30.9 Å². The summed E-state index contributed by atoms with van der Waals surface area (Å²) in [6, 6.07) is 12.1. The minimum atomic E-state index is -0.222. The summed E-state index contributed by atoms with van der Waals surface area (Å²) >= 11 is 0. The summed E-state index contributed by atoms with van der Waals surface area (Å²) in [5, 5.41) is 13.5. The lowest BCUT2D eigenvalue weighted by molar-refractivity contribution is -0.120. The lowest BCUT2D eigenvalue weighted by Crippen LogP contribution is -2.19. The number of hydrogen-bond donors (Lipinski definition) is 2. The van der Waals surface area contributed by atoms with Crippen LogP contribution < -0.4 is 14.9 Å². The first-order valence-electron chi connectivity index (χ1n) is 7.53. The van der Waals surface area contributed by atoms with Crippen LogP contribution in [0.5, 0.6) is 17.2 Å². The average Bonchev–Trinajstić information content (AvgIpc) is 2.58. The van der Waals surface area contributed by atoms with E-state index >= 15 is 0 Å². The molecule has 2 aromatic carbocycles. The standard InChI is InChI=1S/C18H20N2O4/c1-3-24-17-10-14(6-9-16(17)21)12-19-20-18(22)11-13-4-7-15(23-2)8-5-13/h4-10,12,21H,3,11H2,1-2H3,(H,20,22). The molecule has 0 radical (unpaired) electrons. The van der Waals surface area contributed by atoms with Crippen molar-refractivity contribution in [3.8, 4) is 17.2 Å². The molecule has 0 saturated carbocycles. The molecule has 0 bridgehead atoms. The normalized spacial score (nSPS) is 10.6. The second-order valence-corrected chi connectivity index (χ2v) is 4.98. The summed E-state index contributed by atoms with van der Waals surface area (Å²) in [6.45, 7) is 2.28. The van der Waals surface area contributed by atoms with E-state index in [1.165, 1.54) is 12.3 Å². The van der Waals surface area contributed by atoms with Crippen LogP contribution in [-0.2, 0) is 11.2 Å². The molecule has 6 heteroatoms. The minimum Gasteiger partial charge on any atom is -0.504 e. The Labute approximate surface area is 140 Å². The van der Waals surface area contributed by atoms with E-state index in [4.69, 9.17) is 9.47 Å². The van der Waals surface area contributed by atoms with Crippen LogP contribution in [0.2, 0.25) is 0 Å². The molecule has 1 amide bonds. The van der Waals surface area contributed by atoms with Gasteiger partial charge in [-0.25, -0.2) is 5.43 Å². The number of benzene rings is 2. The van der Waals surface area contributed by atoms with Gasteiger partial charge in [-0.3, -0.25) is 4.79 Å². The van der Waals surface area contributed by atoms with Crippen LogP contribution >= 0.6 is 0 Å². The van der Waals surface area contributed by atoms with Crippen LogP contribution in [0.4, 0.5) is 0 Å². The van der Waals surface area contributed by atoms with Crippen molar-refractivity contribution in [3.63, 3.8) is 0 Å². The third-order valence-corrected chi connectivity index (χ3v) is 3.21. The van der Waals surface area contributed by atoms with E-state index in [9.17, 15) is 9.90 Å². The molecule has 0 heterocycles. The Balaban J connectivity index is 1.90. The highest BCUT2D eigenvalue weighted by Gasteiger charge is 2.04. The van der Waals surface area contributed by atoms with Gasteiger partial charge in [-0.2, -0.15) is 5.10 Å². The number of phenols is 1. The monoisotopic (exact) mass is 328 g/mol. The summed E-state index contributed by atoms with van der Waals surface area (Å²) in [5.74, 6) is 0.971. The summed E-state index contributed by atoms with van der Waals surface area (Å²) < 4.78 is 10.4. The fourth-order valence-electron chi connectivity index (χ4n) is 2.03. The van der Waals surface area contributed by atoms with Crippen molar-refractivity contribution < 1.29 is 19.4 Å². The fraction of sp³-hybridized carbons (Fsp3) is 0.222. The predicted octanol–water partition coefficient (Wildman–Crippen LogP) is 2.49. The van der Waals surface area contributed by atoms with Crippen LogP contribution in [0, 0.1) is 0 Å². The highest BCUT2D eigenvalue weighted by Crippen LogP contribution is 2.26. The van der Waals surface area contributed by atoms with Gasteiger partial charge in [-0.1, -0.05) is 12.1 Å². The second-order valence-electron chi connectivity index (χ2n) is 4.98. The largest absolute Gasteiger partial charge is 0.504 e. The Morgan fingerprint density at radius 3 is 2.67 bits per heavy atom. The maximum absolute atomic E-state index is 11.9. The van der Waals surface area contributed by atoms with Crippen molar-refractivity contribution in [2.75, 3.05) is 13.7 Å². The Bertz CT molecular complexity index is 711. The molecule has 2 rings (SSSR count). The van der Waals surface area contributed by atoms with Crippen LogP contribution in [0.3, 0.4) is 0 Å². The molecule has 0 saturated heterocycles. The zero-order valence-corrected chi connectivity index (χ0v) is 13.7. The average molecular weight is 328 g/mol. The molecule has 0 aliphatic heterocycles. The number of methoxy groups -OCH3 is 1. The molecular formula is C18H20N2O4. The molecule has 0 aliphatic carbocycles. The van der Waals surface area contributed by atoms with Crippen LogP contribution in [0.25, 0.3) is 0 Å². The molecular weight excluding hydrogens is 308 g/mol. The third kappa shape index (κ3) is 5.01. The smallest absolute Gasteiger partial charge is 0.244 e. The molecule has 0 unspecified atom stereocenters. The zero-order chi connectivity index (χ0) is 17.4. The highest BCUT2D eigenvalue weighted by atomic mass is 16.5. The van der Waals surface area contributed by atoms with Gasteiger partial charge in [0.15, 0.2) is 11.5 Å². The molecule has 0 aromatic heterocycles. The van der Waals surface area contributed by atoms with Gasteiger partial charge in [0.1, 0.15) is 5.75 Å². The first-order chi connectivity index (χ1) is 11.6. The number of phenolic OH excluding ortho intramolecular Hbond substituents is 1. The van der Waals surface area contributed by atoms with Gasteiger partial charge in [0, 0.05) is 0 Å². The number of rotatable bonds is 7. The number of carbonyl (C=O) groups excluding carboxylic acids is 1. The lowest BCUT2D eigenvalue weighted by Gasteiger charge is -2.06. The molecule has 2 aromatic rings. The van der Waals surface area contributed by atoms with Crippen molar-refractivity contribution in [1.29, 1.82) is 0 Å². The Morgan fingerprint density at radius 1 is 1.25 bits per heavy atom. The van der Waals surface area contributed by atoms with Crippen LogP contribution in [0.15, 0.2) is 47.6 Å². The number of hydrazone groups is 1. The molecule has 0 aliphatic rings. The van der Waals surface area contributed by atoms with Gasteiger partial charge in [0.05, 0.1) is 26.4 Å². The number of nitrogens with one attached hydrogen (secondary N) is 1. The van der Waals surface area contributed by atoms with Gasteiger partial charge in [-0.15, -0.1) is 0 Å². The molecule has 0 fully saturated rings. The Morgan fingerprint density at radius 2 is 2.00 bits per heavy atom. The van der Waals surface area contributed by atoms with E-state index in [1.807, 2.05) is 19.1 Å². The number of hydrogen-bond acceptors (Lipinski definition) is 5. The van der Waals surface area contributed by atoms with Gasteiger partial charge in [0.2, 0.25) is 5.91 Å². The zero-order valence-electron chi connectivity index (χ0n) is 13.7. The Hall–Kier alpha value is -3.02. The number of amides is 1. The molecule has 126 valence electrons. The van der Waals surface area contributed by atoms with E-state index < -0.39 is 0 Å². The third-order valence-electron chi connectivity index (χ3n) is 3.21. The Kier molecular flexibility index (Phi) is 6.19. The van der Waals surface area contributed by atoms with Crippen molar-refractivity contribution in [2.24, 2.45) is 5.10 Å². The second kappa shape index (κ2) is 8.57. The van der Waals surface area contributed by atoms with Gasteiger partial charge < -0.3 is 14.6 Å². The predicted molar refractivity (Wildman–Crippen MR) is 91.7 cm³/mol. The molecule has 2 N–H and O–H groups in total. The van der Waals surface area contributed by atoms with Gasteiger partial charge in [-0.05, 0) is 48.4 Å². The highest BCUT2D eigenvalue weighted by molar-refractivity contribution is 5.84. The van der Waals surface area contributed by atoms with Crippen molar-refractivity contribution in [1.82, 2.24) is 5.43 Å². The maximum Gasteiger partial charge on any atom is 0.244 e. The van der Waals surface area contributed by atoms with E-state index in [0.29, 0.717) is 17.9 Å². The van der Waals surface area contributed by atoms with E-state index in [2.05, 4.69) is 10.5 Å². The quantitative estimate of drug-likeness (QED) is 0.604. The number of carbonyl (C=O) groups is 1. The number of aromatic hydroxyl groups is 1. The first kappa shape index (κ1) is 17.3. The van der Waals surface area contributed by atoms with Crippen molar-refractivity contribution in [2.45, 2.75) is 13.3 Å². The summed E-state index contributed by atoms with van der Waals surface area (Å²) in [7, 11) is 1.59. The van der Waals surface area contributed by atoms with E-state index in [0.717, 1.165) is 11.3 Å². The SMILES string of the molecule is CCOc1cc(C=NNC(=O)Cc2ccc(OC)cc2)ccc1O. The van der Waals surface area contributed by atoms with E-state index in [1.54, 1.807) is 31.4 Å². The first-order valence-corrected chi connectivity index (χ1v) is 7.53. The summed E-state index contributed by atoms with van der Waals surface area (Å²) in [6.07, 6.45) is 1.72. The van der Waals surface area contributed by atoms with Crippen molar-refractivity contribution in [3.05, 3.63) is 53.6 Å². The molecule has 0 atom stereocenters. The molecule has 0 spiro atoms. The fourth-order valence-corrected chi connectivity index (χ4v) is 2.03.